The van der Waals surface area contributed by atoms with Crippen LogP contribution in [0.1, 0.15) is 30.7 Å². The van der Waals surface area contributed by atoms with Crippen molar-refractivity contribution >= 4 is 5.91 Å². The molecule has 0 aliphatic carbocycles. The minimum atomic E-state index is 0.134. The number of aromatic nitrogens is 3. The van der Waals surface area contributed by atoms with Gasteiger partial charge in [-0.25, -0.2) is 4.98 Å². The fourth-order valence-corrected chi connectivity index (χ4v) is 3.21. The number of carbonyl (C=O) groups excluding carboxylic acids is 1. The van der Waals surface area contributed by atoms with Crippen LogP contribution >= 0.6 is 0 Å². The van der Waals surface area contributed by atoms with Crippen molar-refractivity contribution in [1.82, 2.24) is 25.2 Å². The first-order valence-corrected chi connectivity index (χ1v) is 8.66. The maximum atomic E-state index is 12.0. The van der Waals surface area contributed by atoms with Crippen LogP contribution in [0.2, 0.25) is 0 Å². The highest BCUT2D eigenvalue weighted by Crippen LogP contribution is 2.17. The van der Waals surface area contributed by atoms with Crippen molar-refractivity contribution in [3.8, 4) is 0 Å². The van der Waals surface area contributed by atoms with Gasteiger partial charge in [0.15, 0.2) is 0 Å². The number of nitrogens with one attached hydrogen (secondary N) is 2. The van der Waals surface area contributed by atoms with E-state index in [9.17, 15) is 4.79 Å². The Labute approximate surface area is 142 Å². The van der Waals surface area contributed by atoms with Crippen molar-refractivity contribution in [1.29, 1.82) is 0 Å². The molecule has 6 heteroatoms. The van der Waals surface area contributed by atoms with Crippen LogP contribution in [-0.2, 0) is 17.8 Å². The number of rotatable bonds is 7. The highest BCUT2D eigenvalue weighted by Gasteiger charge is 2.20. The van der Waals surface area contributed by atoms with Crippen LogP contribution in [0.15, 0.2) is 36.9 Å². The van der Waals surface area contributed by atoms with Crippen molar-refractivity contribution in [2.75, 3.05) is 19.6 Å². The van der Waals surface area contributed by atoms with Crippen LogP contribution in [-0.4, -0.2) is 45.4 Å². The Morgan fingerprint density at radius 3 is 3.00 bits per heavy atom. The first-order valence-electron chi connectivity index (χ1n) is 8.66. The molecular weight excluding hydrogens is 302 g/mol. The monoisotopic (exact) mass is 327 g/mol. The van der Waals surface area contributed by atoms with Crippen LogP contribution < -0.4 is 5.32 Å². The molecule has 128 valence electrons. The van der Waals surface area contributed by atoms with E-state index in [2.05, 4.69) is 25.2 Å². The summed E-state index contributed by atoms with van der Waals surface area (Å²) < 4.78 is 0. The third-order valence-corrected chi connectivity index (χ3v) is 4.51. The van der Waals surface area contributed by atoms with Gasteiger partial charge in [0.25, 0.3) is 0 Å². The van der Waals surface area contributed by atoms with Gasteiger partial charge in [-0.05, 0) is 49.4 Å². The quantitative estimate of drug-likeness (QED) is 0.813. The Hall–Kier alpha value is -2.21. The van der Waals surface area contributed by atoms with E-state index >= 15 is 0 Å². The summed E-state index contributed by atoms with van der Waals surface area (Å²) >= 11 is 0. The lowest BCUT2D eigenvalue weighted by Gasteiger charge is -2.32. The van der Waals surface area contributed by atoms with Gasteiger partial charge in [-0.15, -0.1) is 0 Å². The maximum Gasteiger partial charge on any atom is 0.220 e. The minimum absolute atomic E-state index is 0.134. The number of carbonyl (C=O) groups is 1. The third-order valence-electron chi connectivity index (χ3n) is 4.51. The second-order valence-corrected chi connectivity index (χ2v) is 6.44. The molecule has 1 aliphatic rings. The number of amides is 1. The van der Waals surface area contributed by atoms with Gasteiger partial charge >= 0.3 is 0 Å². The molecule has 2 aromatic heterocycles. The van der Waals surface area contributed by atoms with E-state index in [1.54, 1.807) is 18.6 Å². The zero-order valence-corrected chi connectivity index (χ0v) is 13.9. The van der Waals surface area contributed by atoms with E-state index < -0.39 is 0 Å². The number of aryl methyl sites for hydroxylation is 1. The molecule has 0 saturated carbocycles. The number of H-pyrrole nitrogens is 1. The predicted octanol–water partition coefficient (Wildman–Crippen LogP) is 1.77. The summed E-state index contributed by atoms with van der Waals surface area (Å²) in [5.41, 5.74) is 1.16. The highest BCUT2D eigenvalue weighted by molar-refractivity contribution is 5.76. The normalized spacial score (nSPS) is 18.4. The molecule has 1 amide bonds. The molecule has 0 radical (unpaired) electrons. The van der Waals surface area contributed by atoms with Crippen molar-refractivity contribution in [3.05, 3.63) is 48.3 Å². The molecule has 6 nitrogen and oxygen atoms in total. The molecule has 1 atom stereocenters. The summed E-state index contributed by atoms with van der Waals surface area (Å²) in [6.07, 6.45) is 10.8. The topological polar surface area (TPSA) is 73.9 Å². The molecule has 1 unspecified atom stereocenters. The van der Waals surface area contributed by atoms with Gasteiger partial charge in [0.05, 0.1) is 6.54 Å². The summed E-state index contributed by atoms with van der Waals surface area (Å²) in [6.45, 7) is 3.75. The second kappa shape index (κ2) is 8.59. The molecule has 1 aliphatic heterocycles. The summed E-state index contributed by atoms with van der Waals surface area (Å²) in [5.74, 6) is 1.67. The highest BCUT2D eigenvalue weighted by atomic mass is 16.1. The molecule has 0 aromatic carbocycles. The first-order chi connectivity index (χ1) is 11.8. The first kappa shape index (κ1) is 16.6. The Kier molecular flexibility index (Phi) is 5.96. The lowest BCUT2D eigenvalue weighted by molar-refractivity contribution is -0.121. The lowest BCUT2D eigenvalue weighted by Crippen LogP contribution is -2.40. The van der Waals surface area contributed by atoms with Gasteiger partial charge < -0.3 is 10.3 Å². The van der Waals surface area contributed by atoms with E-state index in [0.717, 1.165) is 44.0 Å². The van der Waals surface area contributed by atoms with Crippen LogP contribution in [0.3, 0.4) is 0 Å². The van der Waals surface area contributed by atoms with Crippen molar-refractivity contribution < 1.29 is 4.79 Å². The lowest BCUT2D eigenvalue weighted by atomic mass is 9.98. The third kappa shape index (κ3) is 5.16. The van der Waals surface area contributed by atoms with Gasteiger partial charge in [-0.3, -0.25) is 14.7 Å². The molecule has 24 heavy (non-hydrogen) atoms. The summed E-state index contributed by atoms with van der Waals surface area (Å²) in [7, 11) is 0. The van der Waals surface area contributed by atoms with E-state index in [1.807, 2.05) is 18.3 Å². The van der Waals surface area contributed by atoms with Crippen LogP contribution in [0, 0.1) is 5.92 Å². The molecule has 2 aromatic rings. The van der Waals surface area contributed by atoms with Crippen molar-refractivity contribution in [2.45, 2.75) is 32.2 Å². The van der Waals surface area contributed by atoms with E-state index in [4.69, 9.17) is 0 Å². The molecule has 1 saturated heterocycles. The zero-order valence-electron chi connectivity index (χ0n) is 13.9. The van der Waals surface area contributed by atoms with Gasteiger partial charge in [-0.2, -0.15) is 0 Å². The largest absolute Gasteiger partial charge is 0.356 e. The fraction of sp³-hybridized carbons (Fsp3) is 0.500. The smallest absolute Gasteiger partial charge is 0.220 e. The number of pyridine rings is 1. The molecule has 3 rings (SSSR count). The average Bonchev–Trinajstić information content (AvgIpc) is 3.12. The summed E-state index contributed by atoms with van der Waals surface area (Å²) in [5, 5.41) is 3.10. The minimum Gasteiger partial charge on any atom is -0.356 e. The summed E-state index contributed by atoms with van der Waals surface area (Å²) in [4.78, 5) is 25.9. The molecule has 2 N–H and O–H groups in total. The second-order valence-electron chi connectivity index (χ2n) is 6.44. The van der Waals surface area contributed by atoms with Gasteiger partial charge in [0.2, 0.25) is 5.91 Å². The summed E-state index contributed by atoms with van der Waals surface area (Å²) in [6, 6.07) is 3.92. The van der Waals surface area contributed by atoms with Crippen molar-refractivity contribution in [3.63, 3.8) is 0 Å². The van der Waals surface area contributed by atoms with E-state index in [-0.39, 0.29) is 5.91 Å². The number of hydrogen-bond acceptors (Lipinski definition) is 4. The molecule has 0 bridgehead atoms. The number of hydrogen-bond donors (Lipinski definition) is 2. The number of imidazole rings is 1. The Morgan fingerprint density at radius 1 is 1.33 bits per heavy atom. The Bertz CT molecular complexity index is 614. The van der Waals surface area contributed by atoms with Gasteiger partial charge in [0.1, 0.15) is 5.82 Å². The van der Waals surface area contributed by atoms with Crippen molar-refractivity contribution in [2.24, 2.45) is 5.92 Å². The van der Waals surface area contributed by atoms with Crippen LogP contribution in [0.5, 0.6) is 0 Å². The standard InChI is InChI=1S/C18H25N5O/c24-18(4-3-15-5-7-19-8-6-15)22-12-16-2-1-11-23(13-16)14-17-20-9-10-21-17/h5-10,16H,1-4,11-14H2,(H,20,21)(H,22,24). The SMILES string of the molecule is O=C(CCc1ccncc1)NCC1CCCN(Cc2ncc[nH]2)C1. The Balaban J connectivity index is 1.37. The van der Waals surface area contributed by atoms with Crippen LogP contribution in [0.25, 0.3) is 0 Å². The molecule has 0 spiro atoms. The fourth-order valence-electron chi connectivity index (χ4n) is 3.21. The number of nitrogens with zero attached hydrogens (tertiary/aromatic N) is 3. The predicted molar refractivity (Wildman–Crippen MR) is 92.2 cm³/mol. The van der Waals surface area contributed by atoms with Gasteiger partial charge in [0, 0.05) is 44.3 Å². The maximum absolute atomic E-state index is 12.0. The van der Waals surface area contributed by atoms with Gasteiger partial charge in [-0.1, -0.05) is 0 Å². The number of likely N-dealkylation sites (tertiary alicyclic amines) is 1. The number of aromatic amines is 1. The van der Waals surface area contributed by atoms with E-state index in [0.29, 0.717) is 12.3 Å². The van der Waals surface area contributed by atoms with Crippen LogP contribution in [0.4, 0.5) is 0 Å². The number of piperidine rings is 1. The molecule has 1 fully saturated rings. The van der Waals surface area contributed by atoms with E-state index in [1.165, 1.54) is 12.8 Å². The average molecular weight is 327 g/mol. The zero-order chi connectivity index (χ0) is 16.6. The Morgan fingerprint density at radius 2 is 2.21 bits per heavy atom. The molecule has 3 heterocycles. The molecular formula is C18H25N5O.